The molecule has 2 aromatic rings. The van der Waals surface area contributed by atoms with Crippen LogP contribution in [0.5, 0.6) is 0 Å². The first kappa shape index (κ1) is 16.4. The molecule has 0 saturated heterocycles. The highest BCUT2D eigenvalue weighted by atomic mass is 79.9. The number of halogens is 4. The lowest BCUT2D eigenvalue weighted by molar-refractivity contribution is 0.572. The van der Waals surface area contributed by atoms with E-state index in [0.29, 0.717) is 4.60 Å². The Morgan fingerprint density at radius 2 is 2.00 bits per heavy atom. The molecule has 6 nitrogen and oxygen atoms in total. The summed E-state index contributed by atoms with van der Waals surface area (Å²) in [5.41, 5.74) is 4.99. The van der Waals surface area contributed by atoms with Crippen molar-refractivity contribution >= 4 is 65.0 Å². The zero-order valence-corrected chi connectivity index (χ0v) is 14.7. The molecule has 1 heterocycles. The molecule has 0 spiro atoms. The van der Waals surface area contributed by atoms with E-state index in [1.807, 2.05) is 0 Å². The molecule has 0 radical (unpaired) electrons. The predicted octanol–water partition coefficient (Wildman–Crippen LogP) is 3.18. The van der Waals surface area contributed by atoms with E-state index in [2.05, 4.69) is 46.5 Å². The molecule has 0 fully saturated rings. The molecule has 112 valence electrons. The largest absolute Gasteiger partial charge is 0.396 e. The normalized spacial score (nSPS) is 11.4. The van der Waals surface area contributed by atoms with Crippen molar-refractivity contribution in [2.24, 2.45) is 0 Å². The van der Waals surface area contributed by atoms with E-state index in [-0.39, 0.29) is 21.1 Å². The fourth-order valence-electron chi connectivity index (χ4n) is 1.38. The average molecular weight is 461 g/mol. The molecule has 0 amide bonds. The van der Waals surface area contributed by atoms with Gasteiger partial charge in [0.25, 0.3) is 10.0 Å². The Morgan fingerprint density at radius 3 is 2.62 bits per heavy atom. The summed E-state index contributed by atoms with van der Waals surface area (Å²) >= 11 is 11.8. The van der Waals surface area contributed by atoms with Gasteiger partial charge in [0.15, 0.2) is 16.2 Å². The maximum absolute atomic E-state index is 13.9. The molecule has 1 aromatic heterocycles. The van der Waals surface area contributed by atoms with Gasteiger partial charge in [0.1, 0.15) is 9.50 Å². The minimum absolute atomic E-state index is 0.00442. The van der Waals surface area contributed by atoms with Gasteiger partial charge in [-0.05, 0) is 44.0 Å². The van der Waals surface area contributed by atoms with Crippen LogP contribution in [0.2, 0.25) is 5.02 Å². The van der Waals surface area contributed by atoms with Crippen LogP contribution in [-0.4, -0.2) is 18.4 Å². The molecule has 0 unspecified atom stereocenters. The third-order valence-corrected chi connectivity index (χ3v) is 4.74. The molecule has 0 atom stereocenters. The predicted molar refractivity (Wildman–Crippen MR) is 84.1 cm³/mol. The average Bonchev–Trinajstić information content (AvgIpc) is 2.37. The first-order chi connectivity index (χ1) is 9.70. The van der Waals surface area contributed by atoms with Gasteiger partial charge in [-0.3, -0.25) is 4.72 Å². The number of nitrogen functional groups attached to an aromatic ring is 1. The van der Waals surface area contributed by atoms with Gasteiger partial charge in [-0.25, -0.2) is 22.8 Å². The molecule has 2 rings (SSSR count). The maximum Gasteiger partial charge on any atom is 0.266 e. The van der Waals surface area contributed by atoms with Crippen molar-refractivity contribution < 1.29 is 12.8 Å². The summed E-state index contributed by atoms with van der Waals surface area (Å²) in [6, 6.07) is 2.07. The summed E-state index contributed by atoms with van der Waals surface area (Å²) in [7, 11) is -4.26. The number of hydrogen-bond acceptors (Lipinski definition) is 5. The number of rotatable bonds is 3. The number of sulfonamides is 1. The van der Waals surface area contributed by atoms with Crippen molar-refractivity contribution in [1.82, 2.24) is 9.97 Å². The van der Waals surface area contributed by atoms with Crippen LogP contribution in [0.25, 0.3) is 0 Å². The third kappa shape index (κ3) is 3.62. The molecule has 11 heteroatoms. The number of anilines is 2. The number of hydrogen-bond donors (Lipinski definition) is 2. The number of aromatic nitrogens is 2. The van der Waals surface area contributed by atoms with Crippen LogP contribution in [0.3, 0.4) is 0 Å². The number of nitrogens with one attached hydrogen (secondary N) is 1. The fraction of sp³-hybridized carbons (Fsp3) is 0. The molecule has 0 aliphatic rings. The van der Waals surface area contributed by atoms with Gasteiger partial charge in [-0.15, -0.1) is 0 Å². The minimum atomic E-state index is -4.26. The SMILES string of the molecule is Nc1cc(Cl)cc(S(=O)(=O)Nc2ncc(Br)nc2Br)c1F. The van der Waals surface area contributed by atoms with E-state index in [1.54, 1.807) is 0 Å². The van der Waals surface area contributed by atoms with Gasteiger partial charge in [-0.1, -0.05) is 11.6 Å². The smallest absolute Gasteiger partial charge is 0.266 e. The number of nitrogens with zero attached hydrogens (tertiary/aromatic N) is 2. The molecule has 0 aliphatic heterocycles. The summed E-state index contributed by atoms with van der Waals surface area (Å²) in [6.07, 6.45) is 1.28. The molecular formula is C10H6Br2ClFN4O2S. The van der Waals surface area contributed by atoms with Crippen molar-refractivity contribution in [3.05, 3.63) is 38.4 Å². The van der Waals surface area contributed by atoms with Crippen LogP contribution >= 0.6 is 43.5 Å². The number of nitrogens with two attached hydrogens (primary N) is 1. The van der Waals surface area contributed by atoms with Crippen LogP contribution < -0.4 is 10.5 Å². The van der Waals surface area contributed by atoms with Crippen molar-refractivity contribution in [1.29, 1.82) is 0 Å². The summed E-state index contributed by atoms with van der Waals surface area (Å²) in [5, 5.41) is -0.00442. The Bertz CT molecular complexity index is 819. The fourth-order valence-corrected chi connectivity index (χ4v) is 3.86. The Labute approximate surface area is 141 Å². The second-order valence-corrected chi connectivity index (χ2v) is 7.40. The summed E-state index contributed by atoms with van der Waals surface area (Å²) in [6.45, 7) is 0. The van der Waals surface area contributed by atoms with E-state index in [4.69, 9.17) is 17.3 Å². The van der Waals surface area contributed by atoms with Crippen LogP contribution in [0.4, 0.5) is 15.9 Å². The van der Waals surface area contributed by atoms with E-state index in [1.165, 1.54) is 6.20 Å². The zero-order chi connectivity index (χ0) is 15.8. The first-order valence-corrected chi connectivity index (χ1v) is 8.61. The van der Waals surface area contributed by atoms with Crippen LogP contribution in [0, 0.1) is 5.82 Å². The van der Waals surface area contributed by atoms with Gasteiger partial charge in [0.05, 0.1) is 11.9 Å². The zero-order valence-electron chi connectivity index (χ0n) is 9.94. The van der Waals surface area contributed by atoms with Gasteiger partial charge in [0, 0.05) is 5.02 Å². The van der Waals surface area contributed by atoms with Crippen LogP contribution in [0.15, 0.2) is 32.4 Å². The number of benzene rings is 1. The molecule has 21 heavy (non-hydrogen) atoms. The topological polar surface area (TPSA) is 98.0 Å². The lowest BCUT2D eigenvalue weighted by Crippen LogP contribution is -2.17. The van der Waals surface area contributed by atoms with Crippen LogP contribution in [-0.2, 0) is 10.0 Å². The minimum Gasteiger partial charge on any atom is -0.396 e. The van der Waals surface area contributed by atoms with Crippen molar-refractivity contribution in [2.75, 3.05) is 10.5 Å². The lowest BCUT2D eigenvalue weighted by Gasteiger charge is -2.10. The highest BCUT2D eigenvalue weighted by Crippen LogP contribution is 2.28. The maximum atomic E-state index is 13.9. The van der Waals surface area contributed by atoms with E-state index in [0.717, 1.165) is 12.1 Å². The Morgan fingerprint density at radius 1 is 1.33 bits per heavy atom. The van der Waals surface area contributed by atoms with Gasteiger partial charge in [-0.2, -0.15) is 0 Å². The highest BCUT2D eigenvalue weighted by Gasteiger charge is 2.23. The second kappa shape index (κ2) is 6.03. The quantitative estimate of drug-likeness (QED) is 0.686. The lowest BCUT2D eigenvalue weighted by atomic mass is 10.3. The van der Waals surface area contributed by atoms with Crippen molar-refractivity contribution in [3.63, 3.8) is 0 Å². The molecular weight excluding hydrogens is 454 g/mol. The highest BCUT2D eigenvalue weighted by molar-refractivity contribution is 9.11. The van der Waals surface area contributed by atoms with Gasteiger partial charge in [0.2, 0.25) is 0 Å². The Hall–Kier alpha value is -0.970. The third-order valence-electron chi connectivity index (χ3n) is 2.25. The van der Waals surface area contributed by atoms with Crippen molar-refractivity contribution in [2.45, 2.75) is 4.90 Å². The van der Waals surface area contributed by atoms with E-state index in [9.17, 15) is 12.8 Å². The first-order valence-electron chi connectivity index (χ1n) is 5.16. The molecule has 0 saturated carbocycles. The van der Waals surface area contributed by atoms with E-state index >= 15 is 0 Å². The Balaban J connectivity index is 2.48. The van der Waals surface area contributed by atoms with Gasteiger partial charge < -0.3 is 5.73 Å². The van der Waals surface area contributed by atoms with E-state index < -0.39 is 20.7 Å². The monoisotopic (exact) mass is 458 g/mol. The summed E-state index contributed by atoms with van der Waals surface area (Å²) in [5.74, 6) is -1.19. The van der Waals surface area contributed by atoms with Crippen molar-refractivity contribution in [3.8, 4) is 0 Å². The molecule has 0 aliphatic carbocycles. The second-order valence-electron chi connectivity index (χ2n) is 3.74. The summed E-state index contributed by atoms with van der Waals surface area (Å²) in [4.78, 5) is 7.06. The Kier molecular flexibility index (Phi) is 4.71. The van der Waals surface area contributed by atoms with Crippen LogP contribution in [0.1, 0.15) is 0 Å². The van der Waals surface area contributed by atoms with Gasteiger partial charge >= 0.3 is 0 Å². The molecule has 3 N–H and O–H groups in total. The summed E-state index contributed by atoms with van der Waals surface area (Å²) < 4.78 is 40.9. The standard InChI is InChI=1S/C10H6Br2ClFN4O2S/c11-7-3-16-10(9(12)17-7)18-21(19,20)6-2-4(13)1-5(15)8(6)14/h1-3H,15H2,(H,16,18). The molecule has 1 aromatic carbocycles. The molecule has 0 bridgehead atoms.